The molecule has 0 unspecified atom stereocenters. The van der Waals surface area contributed by atoms with Gasteiger partial charge >= 0.3 is 0 Å². The van der Waals surface area contributed by atoms with Gasteiger partial charge in [-0.3, -0.25) is 0 Å². The first-order valence-corrected chi connectivity index (χ1v) is 9.68. The van der Waals surface area contributed by atoms with Crippen molar-refractivity contribution in [2.75, 3.05) is 19.5 Å². The second kappa shape index (κ2) is 9.53. The molecule has 0 amide bonds. The number of hydrogen-bond acceptors (Lipinski definition) is 6. The molecule has 2 aromatic carbocycles. The van der Waals surface area contributed by atoms with Crippen molar-refractivity contribution in [2.24, 2.45) is 7.05 Å². The van der Waals surface area contributed by atoms with Crippen LogP contribution in [-0.4, -0.2) is 34.2 Å². The zero-order valence-corrected chi connectivity index (χ0v) is 16.7. The van der Waals surface area contributed by atoms with Gasteiger partial charge in [-0.2, -0.15) is 0 Å². The Morgan fingerprint density at radius 2 is 1.56 bits per heavy atom. The lowest BCUT2D eigenvalue weighted by Crippen LogP contribution is -2.05. The maximum Gasteiger partial charge on any atom is 0.191 e. The second-order valence-corrected chi connectivity index (χ2v) is 7.07. The maximum absolute atomic E-state index is 5.86. The van der Waals surface area contributed by atoms with E-state index in [4.69, 9.17) is 25.8 Å². The van der Waals surface area contributed by atoms with Gasteiger partial charge in [0, 0.05) is 17.8 Å². The summed E-state index contributed by atoms with van der Waals surface area (Å²) in [5, 5.41) is 9.93. The van der Waals surface area contributed by atoms with Crippen molar-refractivity contribution < 1.29 is 14.2 Å². The Morgan fingerprint density at radius 1 is 0.926 bits per heavy atom. The highest BCUT2D eigenvalue weighted by molar-refractivity contribution is 7.99. The van der Waals surface area contributed by atoms with Gasteiger partial charge in [0.1, 0.15) is 23.9 Å². The molecule has 0 fully saturated rings. The molecule has 0 aliphatic carbocycles. The van der Waals surface area contributed by atoms with Crippen LogP contribution < -0.4 is 14.2 Å². The highest BCUT2D eigenvalue weighted by Gasteiger charge is 2.10. The molecule has 0 bridgehead atoms. The molecule has 0 N–H and O–H groups in total. The lowest BCUT2D eigenvalue weighted by Gasteiger charge is -2.08. The average Bonchev–Trinajstić information content (AvgIpc) is 3.05. The standard InChI is InChI=1S/C19H20ClN3O3S/c1-23-18(13-26-17-9-7-15(24-2)8-10-17)21-22-19(23)27-12-11-25-16-5-3-14(20)4-6-16/h3-10H,11-13H2,1-2H3. The summed E-state index contributed by atoms with van der Waals surface area (Å²) in [4.78, 5) is 0. The molecule has 1 aromatic heterocycles. The molecule has 0 atom stereocenters. The fourth-order valence-corrected chi connectivity index (χ4v) is 3.11. The van der Waals surface area contributed by atoms with Crippen molar-refractivity contribution in [2.45, 2.75) is 11.8 Å². The SMILES string of the molecule is COc1ccc(OCc2nnc(SCCOc3ccc(Cl)cc3)n2C)cc1. The first-order chi connectivity index (χ1) is 13.2. The van der Waals surface area contributed by atoms with Crippen molar-refractivity contribution in [3.8, 4) is 17.2 Å². The summed E-state index contributed by atoms with van der Waals surface area (Å²) < 4.78 is 18.5. The average molecular weight is 406 g/mol. The third-order valence-electron chi connectivity index (χ3n) is 3.75. The number of hydrogen-bond donors (Lipinski definition) is 0. The Bertz CT molecular complexity index is 854. The fourth-order valence-electron chi connectivity index (χ4n) is 2.24. The molecular formula is C19H20ClN3O3S. The molecule has 0 radical (unpaired) electrons. The molecule has 0 saturated heterocycles. The van der Waals surface area contributed by atoms with Crippen molar-refractivity contribution in [1.29, 1.82) is 0 Å². The van der Waals surface area contributed by atoms with Gasteiger partial charge in [-0.1, -0.05) is 23.4 Å². The van der Waals surface area contributed by atoms with Crippen molar-refractivity contribution >= 4 is 23.4 Å². The highest BCUT2D eigenvalue weighted by atomic mass is 35.5. The number of rotatable bonds is 9. The lowest BCUT2D eigenvalue weighted by atomic mass is 10.3. The topological polar surface area (TPSA) is 58.4 Å². The number of thioether (sulfide) groups is 1. The van der Waals surface area contributed by atoms with Crippen LogP contribution in [0.2, 0.25) is 5.02 Å². The maximum atomic E-state index is 5.86. The molecule has 8 heteroatoms. The van der Waals surface area contributed by atoms with Crippen LogP contribution in [0.15, 0.2) is 53.7 Å². The molecule has 3 rings (SSSR count). The van der Waals surface area contributed by atoms with Crippen molar-refractivity contribution in [3.63, 3.8) is 0 Å². The van der Waals surface area contributed by atoms with Crippen LogP contribution in [0, 0.1) is 0 Å². The van der Waals surface area contributed by atoms with E-state index in [0.717, 1.165) is 34.0 Å². The monoisotopic (exact) mass is 405 g/mol. The molecule has 3 aromatic rings. The summed E-state index contributed by atoms with van der Waals surface area (Å²) in [5.74, 6) is 3.86. The van der Waals surface area contributed by atoms with Crippen molar-refractivity contribution in [1.82, 2.24) is 14.8 Å². The van der Waals surface area contributed by atoms with Gasteiger partial charge in [-0.05, 0) is 48.5 Å². The Morgan fingerprint density at radius 3 is 2.26 bits per heavy atom. The molecular weight excluding hydrogens is 386 g/mol. The van der Waals surface area contributed by atoms with E-state index in [1.54, 1.807) is 18.9 Å². The van der Waals surface area contributed by atoms with E-state index in [0.29, 0.717) is 18.2 Å². The van der Waals surface area contributed by atoms with E-state index >= 15 is 0 Å². The zero-order valence-electron chi connectivity index (χ0n) is 15.1. The van der Waals surface area contributed by atoms with Crippen LogP contribution in [0.1, 0.15) is 5.82 Å². The van der Waals surface area contributed by atoms with E-state index in [1.807, 2.05) is 60.1 Å². The van der Waals surface area contributed by atoms with Crippen LogP contribution in [0.3, 0.4) is 0 Å². The summed E-state index contributed by atoms with van der Waals surface area (Å²) in [7, 11) is 3.56. The van der Waals surface area contributed by atoms with Crippen LogP contribution in [-0.2, 0) is 13.7 Å². The summed E-state index contributed by atoms with van der Waals surface area (Å²) in [5.41, 5.74) is 0. The summed E-state index contributed by atoms with van der Waals surface area (Å²) in [6, 6.07) is 14.7. The zero-order chi connectivity index (χ0) is 19.1. The van der Waals surface area contributed by atoms with E-state index in [1.165, 1.54) is 0 Å². The van der Waals surface area contributed by atoms with E-state index in [-0.39, 0.29) is 0 Å². The molecule has 142 valence electrons. The largest absolute Gasteiger partial charge is 0.497 e. The minimum atomic E-state index is 0.345. The van der Waals surface area contributed by atoms with Crippen LogP contribution in [0.5, 0.6) is 17.2 Å². The predicted octanol–water partition coefficient (Wildman–Crippen LogP) is 4.23. The second-order valence-electron chi connectivity index (χ2n) is 5.57. The van der Waals surface area contributed by atoms with Gasteiger partial charge in [-0.25, -0.2) is 0 Å². The smallest absolute Gasteiger partial charge is 0.191 e. The quantitative estimate of drug-likeness (QED) is 0.392. The lowest BCUT2D eigenvalue weighted by molar-refractivity contribution is 0.290. The Balaban J connectivity index is 1.45. The Hall–Kier alpha value is -2.38. The molecule has 0 aliphatic heterocycles. The normalized spacial score (nSPS) is 10.6. The number of aromatic nitrogens is 3. The fraction of sp³-hybridized carbons (Fsp3) is 0.263. The number of ether oxygens (including phenoxy) is 3. The summed E-state index contributed by atoms with van der Waals surface area (Å²) in [6.07, 6.45) is 0. The number of halogens is 1. The van der Waals surface area contributed by atoms with Gasteiger partial charge in [0.05, 0.1) is 13.7 Å². The van der Waals surface area contributed by atoms with E-state index in [9.17, 15) is 0 Å². The van der Waals surface area contributed by atoms with Gasteiger partial charge in [0.15, 0.2) is 11.0 Å². The first kappa shape index (κ1) is 19.4. The van der Waals surface area contributed by atoms with E-state index in [2.05, 4.69) is 10.2 Å². The first-order valence-electron chi connectivity index (χ1n) is 8.32. The molecule has 1 heterocycles. The van der Waals surface area contributed by atoms with Gasteiger partial charge in [0.25, 0.3) is 0 Å². The molecule has 0 saturated carbocycles. The molecule has 0 aliphatic rings. The minimum Gasteiger partial charge on any atom is -0.497 e. The van der Waals surface area contributed by atoms with Crippen LogP contribution >= 0.6 is 23.4 Å². The third-order valence-corrected chi connectivity index (χ3v) is 4.99. The highest BCUT2D eigenvalue weighted by Crippen LogP contribution is 2.20. The minimum absolute atomic E-state index is 0.345. The number of nitrogens with zero attached hydrogens (tertiary/aromatic N) is 3. The Labute approximate surface area is 167 Å². The predicted molar refractivity (Wildman–Crippen MR) is 106 cm³/mol. The van der Waals surface area contributed by atoms with Gasteiger partial charge < -0.3 is 18.8 Å². The summed E-state index contributed by atoms with van der Waals surface area (Å²) >= 11 is 7.44. The Kier molecular flexibility index (Phi) is 6.84. The number of methoxy groups -OCH3 is 1. The number of benzene rings is 2. The van der Waals surface area contributed by atoms with Gasteiger partial charge in [-0.15, -0.1) is 10.2 Å². The molecule has 0 spiro atoms. The van der Waals surface area contributed by atoms with Crippen LogP contribution in [0.25, 0.3) is 0 Å². The molecule has 27 heavy (non-hydrogen) atoms. The third kappa shape index (κ3) is 5.55. The van der Waals surface area contributed by atoms with Gasteiger partial charge in [0.2, 0.25) is 0 Å². The van der Waals surface area contributed by atoms with Crippen LogP contribution in [0.4, 0.5) is 0 Å². The molecule has 6 nitrogen and oxygen atoms in total. The van der Waals surface area contributed by atoms with Crippen molar-refractivity contribution in [3.05, 3.63) is 59.4 Å². The van der Waals surface area contributed by atoms with E-state index < -0.39 is 0 Å². The summed E-state index contributed by atoms with van der Waals surface area (Å²) in [6.45, 7) is 0.911.